The molecule has 0 bridgehead atoms. The van der Waals surface area contributed by atoms with E-state index in [4.69, 9.17) is 0 Å². The van der Waals surface area contributed by atoms with Crippen LogP contribution in [-0.4, -0.2) is 35.1 Å². The third kappa shape index (κ3) is 1.51. The molecule has 1 saturated heterocycles. The standard InChI is InChI=1S/C6H10NO2S/c1-6(8)7(9)2-4-10-5-3-7/h1-5H2. The molecular weight excluding hydrogens is 150 g/mol. The summed E-state index contributed by atoms with van der Waals surface area (Å²) >= 11 is 1.72. The van der Waals surface area contributed by atoms with Gasteiger partial charge in [-0.2, -0.15) is 11.8 Å². The van der Waals surface area contributed by atoms with Crippen LogP contribution in [0.4, 0.5) is 0 Å². The Balaban J connectivity index is 2.56. The predicted octanol–water partition coefficient (Wildman–Crippen LogP) is 0.408. The zero-order valence-corrected chi connectivity index (χ0v) is 6.52. The molecule has 1 aliphatic heterocycles. The molecule has 0 atom stereocenters. The second-order valence-corrected chi connectivity index (χ2v) is 3.57. The molecule has 0 N–H and O–H groups in total. The summed E-state index contributed by atoms with van der Waals surface area (Å²) in [4.78, 5) is 10.7. The maximum atomic E-state index is 11.3. The molecule has 0 unspecified atom stereocenters. The van der Waals surface area contributed by atoms with Crippen molar-refractivity contribution in [1.29, 1.82) is 0 Å². The normalized spacial score (nSPS) is 24.2. The van der Waals surface area contributed by atoms with Gasteiger partial charge in [0, 0.05) is 11.5 Å². The molecule has 10 heavy (non-hydrogen) atoms. The lowest BCUT2D eigenvalue weighted by atomic mass is 10.4. The van der Waals surface area contributed by atoms with Crippen molar-refractivity contribution in [2.45, 2.75) is 0 Å². The van der Waals surface area contributed by atoms with E-state index in [1.807, 2.05) is 0 Å². The fourth-order valence-corrected chi connectivity index (χ4v) is 1.94. The van der Waals surface area contributed by atoms with Crippen LogP contribution < -0.4 is 0 Å². The average Bonchev–Trinajstić information content (AvgIpc) is 1.89. The highest BCUT2D eigenvalue weighted by molar-refractivity contribution is 7.99. The summed E-state index contributed by atoms with van der Waals surface area (Å²) in [6.07, 6.45) is 0. The predicted molar refractivity (Wildman–Crippen MR) is 41.1 cm³/mol. The van der Waals surface area contributed by atoms with Gasteiger partial charge in [-0.25, -0.2) is 4.79 Å². The number of nitrogens with zero attached hydrogens (tertiary/aromatic N) is 1. The van der Waals surface area contributed by atoms with E-state index in [0.717, 1.165) is 11.5 Å². The van der Waals surface area contributed by atoms with Crippen LogP contribution in [-0.2, 0) is 4.79 Å². The lowest BCUT2D eigenvalue weighted by Gasteiger charge is -2.41. The molecule has 1 aliphatic rings. The summed E-state index contributed by atoms with van der Waals surface area (Å²) in [5.74, 6) is 1.07. The third-order valence-corrected chi connectivity index (χ3v) is 2.59. The summed E-state index contributed by atoms with van der Waals surface area (Å²) in [7, 11) is 0. The van der Waals surface area contributed by atoms with Gasteiger partial charge in [0.1, 0.15) is 0 Å². The Hall–Kier alpha value is -0.0600. The number of thioether (sulfide) groups is 1. The van der Waals surface area contributed by atoms with Gasteiger partial charge >= 0.3 is 5.91 Å². The molecule has 0 aliphatic carbocycles. The maximum absolute atomic E-state index is 11.3. The molecule has 0 spiro atoms. The molecule has 3 nitrogen and oxygen atoms in total. The van der Waals surface area contributed by atoms with Gasteiger partial charge < -0.3 is 5.21 Å². The van der Waals surface area contributed by atoms with Gasteiger partial charge in [-0.15, -0.1) is 0 Å². The van der Waals surface area contributed by atoms with Crippen molar-refractivity contribution in [3.05, 3.63) is 12.1 Å². The molecule has 0 aromatic rings. The number of amides is 1. The second-order valence-electron chi connectivity index (χ2n) is 2.34. The topological polar surface area (TPSA) is 40.1 Å². The molecule has 1 radical (unpaired) electrons. The van der Waals surface area contributed by atoms with Gasteiger partial charge in [-0.1, -0.05) is 0 Å². The number of carbonyl (C=O) groups excluding carboxylic acids is 1. The van der Waals surface area contributed by atoms with Gasteiger partial charge in [0.15, 0.2) is 0 Å². The zero-order chi connectivity index (χ0) is 7.61. The Labute approximate surface area is 64.6 Å². The van der Waals surface area contributed by atoms with Crippen molar-refractivity contribution in [1.82, 2.24) is 0 Å². The van der Waals surface area contributed by atoms with Crippen LogP contribution in [0, 0.1) is 12.1 Å². The third-order valence-electron chi connectivity index (χ3n) is 1.65. The fraction of sp³-hybridized carbons (Fsp3) is 0.667. The van der Waals surface area contributed by atoms with Crippen molar-refractivity contribution >= 4 is 17.7 Å². The molecule has 1 fully saturated rings. The van der Waals surface area contributed by atoms with Crippen LogP contribution in [0.25, 0.3) is 0 Å². The zero-order valence-electron chi connectivity index (χ0n) is 5.71. The number of hydrogen-bond donors (Lipinski definition) is 0. The lowest BCUT2D eigenvalue weighted by Crippen LogP contribution is -2.51. The molecule has 1 amide bonds. The fourth-order valence-electron chi connectivity index (χ4n) is 0.887. The molecular formula is C6H10NO2S. The monoisotopic (exact) mass is 160 g/mol. The van der Waals surface area contributed by atoms with Gasteiger partial charge in [-0.05, 0) is 0 Å². The molecule has 4 heteroatoms. The van der Waals surface area contributed by atoms with Crippen LogP contribution in [0.5, 0.6) is 0 Å². The Bertz CT molecular complexity index is 143. The quantitative estimate of drug-likeness (QED) is 0.380. The molecule has 0 saturated carbocycles. The Morgan fingerprint density at radius 3 is 2.30 bits per heavy atom. The number of hydrogen-bond acceptors (Lipinski definition) is 3. The highest BCUT2D eigenvalue weighted by Crippen LogP contribution is 2.16. The highest BCUT2D eigenvalue weighted by atomic mass is 32.2. The highest BCUT2D eigenvalue weighted by Gasteiger charge is 2.25. The SMILES string of the molecule is [CH2]C(=O)[N+]1([O-])CCSCC1. The Morgan fingerprint density at radius 1 is 1.50 bits per heavy atom. The van der Waals surface area contributed by atoms with Crippen molar-refractivity contribution in [2.24, 2.45) is 0 Å². The van der Waals surface area contributed by atoms with E-state index < -0.39 is 10.6 Å². The van der Waals surface area contributed by atoms with Gasteiger partial charge in [0.25, 0.3) is 0 Å². The number of quaternary nitrogens is 1. The van der Waals surface area contributed by atoms with Crippen LogP contribution in [0.1, 0.15) is 0 Å². The van der Waals surface area contributed by atoms with E-state index in [1.165, 1.54) is 0 Å². The smallest absolute Gasteiger partial charge is 0.314 e. The van der Waals surface area contributed by atoms with Gasteiger partial charge in [-0.3, -0.25) is 4.65 Å². The average molecular weight is 160 g/mol. The minimum absolute atomic E-state index is 0.396. The first-order chi connectivity index (χ1) is 4.65. The van der Waals surface area contributed by atoms with Crippen molar-refractivity contribution in [3.63, 3.8) is 0 Å². The van der Waals surface area contributed by atoms with E-state index in [-0.39, 0.29) is 0 Å². The van der Waals surface area contributed by atoms with E-state index in [2.05, 4.69) is 6.92 Å². The van der Waals surface area contributed by atoms with E-state index in [9.17, 15) is 10.0 Å². The van der Waals surface area contributed by atoms with Crippen molar-refractivity contribution in [3.8, 4) is 0 Å². The minimum atomic E-state index is -0.715. The summed E-state index contributed by atoms with van der Waals surface area (Å²) < 4.78 is -0.715. The summed E-state index contributed by atoms with van der Waals surface area (Å²) in [5, 5.41) is 11.3. The first kappa shape index (κ1) is 8.04. The molecule has 1 rings (SSSR count). The first-order valence-corrected chi connectivity index (χ1v) is 4.33. The summed E-state index contributed by atoms with van der Waals surface area (Å²) in [6, 6.07) is 0. The van der Waals surface area contributed by atoms with Crippen molar-refractivity contribution in [2.75, 3.05) is 24.6 Å². The van der Waals surface area contributed by atoms with E-state index in [0.29, 0.717) is 13.1 Å². The minimum Gasteiger partial charge on any atom is -0.625 e. The van der Waals surface area contributed by atoms with Crippen LogP contribution in [0.2, 0.25) is 0 Å². The summed E-state index contributed by atoms with van der Waals surface area (Å²) in [6.45, 7) is 3.94. The van der Waals surface area contributed by atoms with Gasteiger partial charge in [0.2, 0.25) is 0 Å². The van der Waals surface area contributed by atoms with E-state index in [1.54, 1.807) is 11.8 Å². The van der Waals surface area contributed by atoms with Gasteiger partial charge in [0.05, 0.1) is 20.0 Å². The van der Waals surface area contributed by atoms with Crippen LogP contribution in [0.3, 0.4) is 0 Å². The Kier molecular flexibility index (Phi) is 2.33. The number of carbonyl (C=O) groups is 1. The first-order valence-electron chi connectivity index (χ1n) is 3.17. The molecule has 0 aromatic carbocycles. The molecule has 0 aromatic heterocycles. The lowest BCUT2D eigenvalue weighted by molar-refractivity contribution is -0.797. The molecule has 1 heterocycles. The second kappa shape index (κ2) is 2.90. The van der Waals surface area contributed by atoms with Crippen LogP contribution in [0.15, 0.2) is 0 Å². The maximum Gasteiger partial charge on any atom is 0.314 e. The largest absolute Gasteiger partial charge is 0.625 e. The Morgan fingerprint density at radius 2 is 2.00 bits per heavy atom. The van der Waals surface area contributed by atoms with Crippen LogP contribution >= 0.6 is 11.8 Å². The number of rotatable bonds is 0. The number of hydroxylamine groups is 3. The summed E-state index contributed by atoms with van der Waals surface area (Å²) in [5.41, 5.74) is 0. The van der Waals surface area contributed by atoms with Crippen molar-refractivity contribution < 1.29 is 9.44 Å². The van der Waals surface area contributed by atoms with E-state index >= 15 is 0 Å². The molecule has 57 valence electrons.